The smallest absolute Gasteiger partial charge is 0.408 e. The lowest BCUT2D eigenvalue weighted by atomic mass is 10.1. The fourth-order valence-corrected chi connectivity index (χ4v) is 2.57. The maximum absolute atomic E-state index is 11.3. The summed E-state index contributed by atoms with van der Waals surface area (Å²) in [6.07, 6.45) is -0.640. The molecule has 18 heavy (non-hydrogen) atoms. The third-order valence-electron chi connectivity index (χ3n) is 3.36. The van der Waals surface area contributed by atoms with Crippen LogP contribution >= 0.6 is 0 Å². The van der Waals surface area contributed by atoms with E-state index in [9.17, 15) is 4.79 Å². The van der Waals surface area contributed by atoms with E-state index in [1.807, 2.05) is 30.3 Å². The monoisotopic (exact) mass is 242 g/mol. The second-order valence-electron chi connectivity index (χ2n) is 4.45. The highest BCUT2D eigenvalue weighted by atomic mass is 16.6. The van der Waals surface area contributed by atoms with E-state index in [4.69, 9.17) is 4.74 Å². The molecule has 3 heterocycles. The second-order valence-corrected chi connectivity index (χ2v) is 4.45. The number of hydrogen-bond acceptors (Lipinski definition) is 4. The molecule has 6 heteroatoms. The van der Waals surface area contributed by atoms with Gasteiger partial charge in [0.2, 0.25) is 0 Å². The third kappa shape index (κ3) is 1.20. The highest BCUT2D eigenvalue weighted by molar-refractivity contribution is 5.72. The average Bonchev–Trinajstić information content (AvgIpc) is 3.00. The van der Waals surface area contributed by atoms with Crippen molar-refractivity contribution in [3.05, 3.63) is 36.0 Å². The van der Waals surface area contributed by atoms with E-state index in [2.05, 4.69) is 15.6 Å². The highest BCUT2D eigenvalue weighted by Crippen LogP contribution is 2.37. The second kappa shape index (κ2) is 3.32. The van der Waals surface area contributed by atoms with Crippen molar-refractivity contribution in [2.75, 3.05) is 0 Å². The number of carbonyl (C=O) groups excluding carboxylic acids is 1. The van der Waals surface area contributed by atoms with Crippen LogP contribution in [-0.4, -0.2) is 27.1 Å². The van der Waals surface area contributed by atoms with Crippen LogP contribution in [0.1, 0.15) is 11.8 Å². The lowest BCUT2D eigenvalue weighted by molar-refractivity contribution is 0.136. The van der Waals surface area contributed by atoms with Gasteiger partial charge in [0.05, 0.1) is 12.6 Å². The molecule has 1 aromatic heterocycles. The van der Waals surface area contributed by atoms with Crippen molar-refractivity contribution in [3.63, 3.8) is 0 Å². The van der Waals surface area contributed by atoms with E-state index >= 15 is 0 Å². The van der Waals surface area contributed by atoms with E-state index in [1.54, 1.807) is 4.68 Å². The minimum absolute atomic E-state index is 0.0227. The first kappa shape index (κ1) is 9.64. The molecule has 2 atom stereocenters. The van der Waals surface area contributed by atoms with E-state index in [0.29, 0.717) is 6.54 Å². The number of amides is 1. The molecule has 2 aromatic rings. The minimum Gasteiger partial charge on any atom is -0.437 e. The quantitative estimate of drug-likeness (QED) is 0.813. The zero-order valence-electron chi connectivity index (χ0n) is 9.41. The van der Waals surface area contributed by atoms with Crippen molar-refractivity contribution in [1.82, 2.24) is 20.3 Å². The largest absolute Gasteiger partial charge is 0.437 e. The summed E-state index contributed by atoms with van der Waals surface area (Å²) in [5.41, 5.74) is 2.66. The lowest BCUT2D eigenvalue weighted by Crippen LogP contribution is -2.27. The SMILES string of the molecule is O=C1N[C@H]2Cn3nnc(-c4ccccc4)c3[C@H]2O1. The number of nitrogens with one attached hydrogen (secondary N) is 1. The van der Waals surface area contributed by atoms with Gasteiger partial charge in [-0.2, -0.15) is 0 Å². The fourth-order valence-electron chi connectivity index (χ4n) is 2.57. The van der Waals surface area contributed by atoms with Gasteiger partial charge in [-0.05, 0) is 0 Å². The summed E-state index contributed by atoms with van der Waals surface area (Å²) in [6.45, 7) is 0.617. The molecule has 1 saturated heterocycles. The number of benzene rings is 1. The number of ether oxygens (including phenoxy) is 1. The number of hydrogen-bond donors (Lipinski definition) is 1. The Balaban J connectivity index is 1.83. The van der Waals surface area contributed by atoms with Crippen LogP contribution in [0, 0.1) is 0 Å². The van der Waals surface area contributed by atoms with Crippen LogP contribution in [0.3, 0.4) is 0 Å². The summed E-state index contributed by atoms with van der Waals surface area (Å²) < 4.78 is 7.08. The van der Waals surface area contributed by atoms with Crippen LogP contribution in [0.2, 0.25) is 0 Å². The summed E-state index contributed by atoms with van der Waals surface area (Å²) in [6, 6.07) is 9.78. The third-order valence-corrected chi connectivity index (χ3v) is 3.36. The Kier molecular flexibility index (Phi) is 1.78. The molecular weight excluding hydrogens is 232 g/mol. The molecule has 0 aliphatic carbocycles. The van der Waals surface area contributed by atoms with E-state index in [-0.39, 0.29) is 18.2 Å². The molecule has 0 unspecified atom stereocenters. The van der Waals surface area contributed by atoms with Gasteiger partial charge >= 0.3 is 6.09 Å². The van der Waals surface area contributed by atoms with Gasteiger partial charge in [-0.15, -0.1) is 5.10 Å². The number of carbonyl (C=O) groups is 1. The van der Waals surface area contributed by atoms with Gasteiger partial charge < -0.3 is 10.1 Å². The van der Waals surface area contributed by atoms with Gasteiger partial charge in [-0.1, -0.05) is 35.5 Å². The molecule has 0 spiro atoms. The van der Waals surface area contributed by atoms with Gasteiger partial charge in [-0.25, -0.2) is 9.48 Å². The number of nitrogens with zero attached hydrogens (tertiary/aromatic N) is 3. The van der Waals surface area contributed by atoms with Crippen LogP contribution in [0.4, 0.5) is 4.79 Å². The van der Waals surface area contributed by atoms with Crippen molar-refractivity contribution in [2.24, 2.45) is 0 Å². The molecule has 1 amide bonds. The number of alkyl carbamates (subject to hydrolysis) is 1. The van der Waals surface area contributed by atoms with Gasteiger partial charge in [-0.3, -0.25) is 0 Å². The molecule has 4 rings (SSSR count). The van der Waals surface area contributed by atoms with Gasteiger partial charge in [0, 0.05) is 5.56 Å². The Morgan fingerprint density at radius 1 is 1.33 bits per heavy atom. The average molecular weight is 242 g/mol. The molecule has 1 fully saturated rings. The van der Waals surface area contributed by atoms with E-state index in [0.717, 1.165) is 17.0 Å². The van der Waals surface area contributed by atoms with Gasteiger partial charge in [0.1, 0.15) is 11.4 Å². The normalized spacial score (nSPS) is 24.3. The van der Waals surface area contributed by atoms with Crippen LogP contribution in [-0.2, 0) is 11.3 Å². The van der Waals surface area contributed by atoms with Crippen molar-refractivity contribution < 1.29 is 9.53 Å². The predicted molar refractivity (Wildman–Crippen MR) is 61.6 cm³/mol. The summed E-state index contributed by atoms with van der Waals surface area (Å²) >= 11 is 0. The molecule has 90 valence electrons. The Hall–Kier alpha value is -2.37. The first-order valence-corrected chi connectivity index (χ1v) is 5.79. The van der Waals surface area contributed by atoms with Crippen LogP contribution < -0.4 is 5.32 Å². The van der Waals surface area contributed by atoms with Gasteiger partial charge in [0.25, 0.3) is 0 Å². The van der Waals surface area contributed by atoms with Crippen LogP contribution in [0.15, 0.2) is 30.3 Å². The van der Waals surface area contributed by atoms with Crippen molar-refractivity contribution >= 4 is 6.09 Å². The predicted octanol–water partition coefficient (Wildman–Crippen LogP) is 1.11. The van der Waals surface area contributed by atoms with E-state index in [1.165, 1.54) is 0 Å². The zero-order valence-corrected chi connectivity index (χ0v) is 9.41. The zero-order chi connectivity index (χ0) is 12.1. The van der Waals surface area contributed by atoms with Crippen LogP contribution in [0.5, 0.6) is 0 Å². The molecule has 6 nitrogen and oxygen atoms in total. The summed E-state index contributed by atoms with van der Waals surface area (Å²) in [5, 5.41) is 11.1. The van der Waals surface area contributed by atoms with Gasteiger partial charge in [0.15, 0.2) is 6.10 Å². The first-order valence-electron chi connectivity index (χ1n) is 5.79. The summed E-state index contributed by atoms with van der Waals surface area (Å²) in [7, 11) is 0. The molecule has 0 radical (unpaired) electrons. The number of fused-ring (bicyclic) bond motifs is 3. The Morgan fingerprint density at radius 2 is 2.17 bits per heavy atom. The van der Waals surface area contributed by atoms with Crippen molar-refractivity contribution in [2.45, 2.75) is 18.7 Å². The Bertz CT molecular complexity index is 622. The maximum atomic E-state index is 11.3. The van der Waals surface area contributed by atoms with Crippen molar-refractivity contribution in [3.8, 4) is 11.3 Å². The lowest BCUT2D eigenvalue weighted by Gasteiger charge is -2.06. The van der Waals surface area contributed by atoms with Crippen LogP contribution in [0.25, 0.3) is 11.3 Å². The minimum atomic E-state index is -0.364. The maximum Gasteiger partial charge on any atom is 0.408 e. The summed E-state index contributed by atoms with van der Waals surface area (Å²) in [4.78, 5) is 11.3. The Morgan fingerprint density at radius 3 is 3.00 bits per heavy atom. The molecule has 0 bridgehead atoms. The Labute approximate surface area is 103 Å². The van der Waals surface area contributed by atoms with Crippen molar-refractivity contribution in [1.29, 1.82) is 0 Å². The molecule has 1 aromatic carbocycles. The molecule has 2 aliphatic rings. The number of aromatic nitrogens is 3. The topological polar surface area (TPSA) is 69.0 Å². The fraction of sp³-hybridized carbons (Fsp3) is 0.250. The molecule has 1 N–H and O–H groups in total. The number of rotatable bonds is 1. The standard InChI is InChI=1S/C12H10N4O2/c17-12-13-8-6-16-10(11(8)18-12)9(14-15-16)7-4-2-1-3-5-7/h1-5,8,11H,6H2,(H,13,17)/t8-,11-/m0/s1. The molecular formula is C12H10N4O2. The van der Waals surface area contributed by atoms with E-state index < -0.39 is 0 Å². The highest BCUT2D eigenvalue weighted by Gasteiger charge is 2.45. The summed E-state index contributed by atoms with van der Waals surface area (Å²) in [5.74, 6) is 0. The molecule has 0 saturated carbocycles. The molecule has 2 aliphatic heterocycles. The first-order chi connectivity index (χ1) is 8.83.